The first-order valence-corrected chi connectivity index (χ1v) is 13.0. The number of aromatic nitrogens is 2. The summed E-state index contributed by atoms with van der Waals surface area (Å²) in [6, 6.07) is 11.0. The lowest BCUT2D eigenvalue weighted by Gasteiger charge is -2.48. The van der Waals surface area contributed by atoms with E-state index in [1.165, 1.54) is 46.1 Å². The maximum atomic E-state index is 13.4. The first kappa shape index (κ1) is 21.8. The van der Waals surface area contributed by atoms with E-state index in [1.54, 1.807) is 0 Å². The average Bonchev–Trinajstić information content (AvgIpc) is 3.56. The van der Waals surface area contributed by atoms with E-state index >= 15 is 0 Å². The van der Waals surface area contributed by atoms with Gasteiger partial charge >= 0.3 is 0 Å². The van der Waals surface area contributed by atoms with Crippen LogP contribution in [0, 0.1) is 18.8 Å². The molecule has 5 heteroatoms. The molecule has 5 nitrogen and oxygen atoms in total. The summed E-state index contributed by atoms with van der Waals surface area (Å²) < 4.78 is 0. The van der Waals surface area contributed by atoms with Gasteiger partial charge in [0.2, 0.25) is 5.91 Å². The normalized spacial score (nSPS) is 28.0. The summed E-state index contributed by atoms with van der Waals surface area (Å²) in [5.41, 5.74) is 7.24. The lowest BCUT2D eigenvalue weighted by Crippen LogP contribution is -2.57. The summed E-state index contributed by atoms with van der Waals surface area (Å²) >= 11 is 0. The van der Waals surface area contributed by atoms with Gasteiger partial charge in [0.15, 0.2) is 0 Å². The van der Waals surface area contributed by atoms with Crippen molar-refractivity contribution in [3.05, 3.63) is 53.3 Å². The Bertz CT molecular complexity index is 1240. The van der Waals surface area contributed by atoms with Crippen molar-refractivity contribution in [3.63, 3.8) is 0 Å². The number of piperidine rings is 3. The molecule has 1 unspecified atom stereocenters. The van der Waals surface area contributed by atoms with Gasteiger partial charge < -0.3 is 9.88 Å². The standard InChI is InChI=1S/C29H36N4O/c1-17(2)27-24-15-20(5-6-25(24)31-28(27)21-7-10-30-18(3)13-21)22-16-23(22)29(34)32(4)26-14-19-8-11-33(26)12-9-19/h5-7,10,13,15,17,19,22-23,26,31H,8-9,11-12,14,16H2,1-4H3/t22-,23+,26?/m0/s1. The Morgan fingerprint density at radius 2 is 1.94 bits per heavy atom. The van der Waals surface area contributed by atoms with E-state index in [0.29, 0.717) is 23.9 Å². The smallest absolute Gasteiger partial charge is 0.227 e. The molecule has 3 aliphatic heterocycles. The zero-order valence-corrected chi connectivity index (χ0v) is 20.8. The fourth-order valence-electron chi connectivity index (χ4n) is 6.57. The summed E-state index contributed by atoms with van der Waals surface area (Å²) in [7, 11) is 2.04. The Morgan fingerprint density at radius 1 is 1.15 bits per heavy atom. The zero-order chi connectivity index (χ0) is 23.6. The van der Waals surface area contributed by atoms with E-state index in [1.807, 2.05) is 20.2 Å². The predicted octanol–water partition coefficient (Wildman–Crippen LogP) is 5.67. The highest BCUT2D eigenvalue weighted by Gasteiger charge is 2.48. The molecule has 0 spiro atoms. The SMILES string of the molecule is Cc1cc(-c2[nH]c3ccc([C@@H]4C[C@H]4C(=O)N(C)C4CC5CCN4CC5)cc3c2C(C)C)ccn1. The minimum Gasteiger partial charge on any atom is -0.354 e. The van der Waals surface area contributed by atoms with Gasteiger partial charge in [0.05, 0.1) is 11.9 Å². The minimum atomic E-state index is 0.132. The van der Waals surface area contributed by atoms with E-state index in [0.717, 1.165) is 37.5 Å². The Morgan fingerprint density at radius 3 is 2.62 bits per heavy atom. The second kappa shape index (κ2) is 8.23. The van der Waals surface area contributed by atoms with Crippen LogP contribution in [0.4, 0.5) is 0 Å². The van der Waals surface area contributed by atoms with Gasteiger partial charge in [-0.1, -0.05) is 19.9 Å². The Hall–Kier alpha value is -2.66. The molecule has 4 fully saturated rings. The van der Waals surface area contributed by atoms with E-state index in [-0.39, 0.29) is 5.92 Å². The summed E-state index contributed by atoms with van der Waals surface area (Å²) in [4.78, 5) is 26.1. The molecule has 1 aliphatic carbocycles. The highest BCUT2D eigenvalue weighted by molar-refractivity contribution is 5.92. The number of aromatic amines is 1. The number of carbonyl (C=O) groups excluding carboxylic acids is 1. The van der Waals surface area contributed by atoms with Crippen molar-refractivity contribution in [1.29, 1.82) is 0 Å². The monoisotopic (exact) mass is 456 g/mol. The first-order chi connectivity index (χ1) is 16.4. The van der Waals surface area contributed by atoms with Gasteiger partial charge in [-0.3, -0.25) is 14.7 Å². The number of hydrogen-bond donors (Lipinski definition) is 1. The van der Waals surface area contributed by atoms with Crippen LogP contribution in [0.5, 0.6) is 0 Å². The van der Waals surface area contributed by atoms with Crippen molar-refractivity contribution >= 4 is 16.8 Å². The molecule has 7 rings (SSSR count). The third kappa shape index (κ3) is 3.65. The molecule has 1 N–H and O–H groups in total. The van der Waals surface area contributed by atoms with Crippen molar-refractivity contribution < 1.29 is 4.79 Å². The number of carbonyl (C=O) groups is 1. The Balaban J connectivity index is 1.26. The summed E-state index contributed by atoms with van der Waals surface area (Å²) in [5.74, 6) is 2.02. The molecule has 2 aromatic heterocycles. The number of nitrogens with zero attached hydrogens (tertiary/aromatic N) is 3. The number of hydrogen-bond acceptors (Lipinski definition) is 3. The molecule has 4 aliphatic rings. The molecule has 3 atom stereocenters. The zero-order valence-electron chi connectivity index (χ0n) is 20.8. The van der Waals surface area contributed by atoms with Crippen molar-refractivity contribution in [2.24, 2.45) is 11.8 Å². The fourth-order valence-corrected chi connectivity index (χ4v) is 6.57. The van der Waals surface area contributed by atoms with E-state index in [4.69, 9.17) is 0 Å². The summed E-state index contributed by atoms with van der Waals surface area (Å²) in [6.45, 7) is 8.87. The van der Waals surface area contributed by atoms with Crippen LogP contribution in [0.2, 0.25) is 0 Å². The van der Waals surface area contributed by atoms with Crippen LogP contribution in [0.15, 0.2) is 36.5 Å². The van der Waals surface area contributed by atoms with Gasteiger partial charge in [-0.15, -0.1) is 0 Å². The number of benzene rings is 1. The molecule has 1 amide bonds. The lowest BCUT2D eigenvalue weighted by atomic mass is 9.86. The van der Waals surface area contributed by atoms with Crippen LogP contribution in [0.3, 0.4) is 0 Å². The van der Waals surface area contributed by atoms with Crippen molar-refractivity contribution in [2.75, 3.05) is 20.1 Å². The summed E-state index contributed by atoms with van der Waals surface area (Å²) in [5, 5.41) is 1.29. The molecule has 2 bridgehead atoms. The number of rotatable bonds is 5. The van der Waals surface area contributed by atoms with Gasteiger partial charge in [0, 0.05) is 54.4 Å². The molecular weight excluding hydrogens is 420 g/mol. The number of aryl methyl sites for hydroxylation is 1. The van der Waals surface area contributed by atoms with E-state index < -0.39 is 0 Å². The Labute approximate surface area is 202 Å². The van der Waals surface area contributed by atoms with Gasteiger partial charge in [0.1, 0.15) is 0 Å². The van der Waals surface area contributed by atoms with Crippen LogP contribution in [0.25, 0.3) is 22.2 Å². The van der Waals surface area contributed by atoms with Gasteiger partial charge in [-0.05, 0) is 85.8 Å². The number of H-pyrrole nitrogens is 1. The molecular formula is C29H36N4O. The van der Waals surface area contributed by atoms with Crippen LogP contribution in [0.1, 0.15) is 68.2 Å². The topological polar surface area (TPSA) is 52.2 Å². The molecule has 3 saturated heterocycles. The van der Waals surface area contributed by atoms with Crippen molar-refractivity contribution in [3.8, 4) is 11.3 Å². The maximum Gasteiger partial charge on any atom is 0.227 e. The molecule has 1 saturated carbocycles. The molecule has 5 heterocycles. The van der Waals surface area contributed by atoms with Crippen LogP contribution in [-0.4, -0.2) is 52.0 Å². The highest BCUT2D eigenvalue weighted by Crippen LogP contribution is 2.50. The fraction of sp³-hybridized carbons (Fsp3) is 0.517. The third-order valence-electron chi connectivity index (χ3n) is 8.57. The molecule has 0 radical (unpaired) electrons. The predicted molar refractivity (Wildman–Crippen MR) is 137 cm³/mol. The van der Waals surface area contributed by atoms with Crippen LogP contribution >= 0.6 is 0 Å². The van der Waals surface area contributed by atoms with Crippen molar-refractivity contribution in [2.45, 2.75) is 64.5 Å². The average molecular weight is 457 g/mol. The quantitative estimate of drug-likeness (QED) is 0.539. The van der Waals surface area contributed by atoms with Gasteiger partial charge in [0.25, 0.3) is 0 Å². The minimum absolute atomic E-state index is 0.132. The van der Waals surface area contributed by atoms with Crippen LogP contribution < -0.4 is 0 Å². The number of pyridine rings is 1. The number of amides is 1. The van der Waals surface area contributed by atoms with Gasteiger partial charge in [-0.25, -0.2) is 0 Å². The highest BCUT2D eigenvalue weighted by atomic mass is 16.2. The van der Waals surface area contributed by atoms with E-state index in [2.05, 4.69) is 63.9 Å². The van der Waals surface area contributed by atoms with Crippen LogP contribution in [-0.2, 0) is 4.79 Å². The van der Waals surface area contributed by atoms with Gasteiger partial charge in [-0.2, -0.15) is 0 Å². The molecule has 178 valence electrons. The second-order valence-corrected chi connectivity index (χ2v) is 11.2. The van der Waals surface area contributed by atoms with E-state index in [9.17, 15) is 4.79 Å². The Kier molecular flexibility index (Phi) is 5.29. The third-order valence-corrected chi connectivity index (χ3v) is 8.57. The largest absolute Gasteiger partial charge is 0.354 e. The maximum absolute atomic E-state index is 13.4. The summed E-state index contributed by atoms with van der Waals surface area (Å²) in [6.07, 6.45) is 6.94. The molecule has 3 aromatic rings. The second-order valence-electron chi connectivity index (χ2n) is 11.2. The van der Waals surface area contributed by atoms with Crippen molar-refractivity contribution in [1.82, 2.24) is 19.8 Å². The molecule has 1 aromatic carbocycles. The number of fused-ring (bicyclic) bond motifs is 4. The lowest BCUT2D eigenvalue weighted by molar-refractivity contribution is -0.141. The molecule has 34 heavy (non-hydrogen) atoms. The number of nitrogens with one attached hydrogen (secondary N) is 1. The first-order valence-electron chi connectivity index (χ1n) is 13.0.